The SMILES string of the molecule is Cc1cnc(COc2ccc(Cl)c(F)c2)c(C)c1[N+](=O)[O-]. The molecule has 5 nitrogen and oxygen atoms in total. The average molecular weight is 311 g/mol. The molecule has 0 aliphatic rings. The van der Waals surface area contributed by atoms with Crippen molar-refractivity contribution in [2.45, 2.75) is 20.5 Å². The second-order valence-electron chi connectivity index (χ2n) is 4.48. The van der Waals surface area contributed by atoms with Crippen LogP contribution in [0.1, 0.15) is 16.8 Å². The van der Waals surface area contributed by atoms with E-state index in [-0.39, 0.29) is 23.1 Å². The Bertz CT molecular complexity index is 707. The van der Waals surface area contributed by atoms with Crippen molar-refractivity contribution in [2.24, 2.45) is 0 Å². The smallest absolute Gasteiger partial charge is 0.278 e. The number of aryl methyl sites for hydroxylation is 1. The Morgan fingerprint density at radius 2 is 2.14 bits per heavy atom. The first-order valence-electron chi connectivity index (χ1n) is 6.07. The van der Waals surface area contributed by atoms with Crippen LogP contribution in [-0.2, 0) is 6.61 Å². The Labute approximate surface area is 125 Å². The van der Waals surface area contributed by atoms with Gasteiger partial charge in [-0.1, -0.05) is 11.6 Å². The molecule has 0 aliphatic heterocycles. The van der Waals surface area contributed by atoms with Crippen molar-refractivity contribution in [3.05, 3.63) is 62.2 Å². The Morgan fingerprint density at radius 1 is 1.43 bits per heavy atom. The second kappa shape index (κ2) is 6.05. The molecule has 21 heavy (non-hydrogen) atoms. The van der Waals surface area contributed by atoms with Gasteiger partial charge < -0.3 is 4.74 Å². The highest BCUT2D eigenvalue weighted by Gasteiger charge is 2.18. The molecule has 0 saturated heterocycles. The van der Waals surface area contributed by atoms with E-state index in [0.717, 1.165) is 6.07 Å². The monoisotopic (exact) mass is 310 g/mol. The number of ether oxygens (including phenoxy) is 1. The van der Waals surface area contributed by atoms with Crippen molar-refractivity contribution in [3.63, 3.8) is 0 Å². The zero-order valence-electron chi connectivity index (χ0n) is 11.4. The van der Waals surface area contributed by atoms with Crippen molar-refractivity contribution >= 4 is 17.3 Å². The van der Waals surface area contributed by atoms with Gasteiger partial charge in [0.15, 0.2) is 0 Å². The van der Waals surface area contributed by atoms with E-state index in [2.05, 4.69) is 4.98 Å². The molecule has 2 rings (SSSR count). The molecule has 0 atom stereocenters. The zero-order valence-corrected chi connectivity index (χ0v) is 12.1. The third-order valence-corrected chi connectivity index (χ3v) is 3.33. The first kappa shape index (κ1) is 15.2. The molecular formula is C14H12ClFN2O3. The normalized spacial score (nSPS) is 10.5. The van der Waals surface area contributed by atoms with Crippen LogP contribution in [0.5, 0.6) is 5.75 Å². The largest absolute Gasteiger partial charge is 0.487 e. The molecule has 7 heteroatoms. The minimum Gasteiger partial charge on any atom is -0.487 e. The number of aromatic nitrogens is 1. The first-order chi connectivity index (χ1) is 9.90. The number of pyridine rings is 1. The van der Waals surface area contributed by atoms with Crippen molar-refractivity contribution in [1.29, 1.82) is 0 Å². The predicted octanol–water partition coefficient (Wildman–Crippen LogP) is 3.98. The number of nitrogens with zero attached hydrogens (tertiary/aromatic N) is 2. The third kappa shape index (κ3) is 3.28. The minimum atomic E-state index is -0.589. The number of nitro groups is 1. The van der Waals surface area contributed by atoms with E-state index in [9.17, 15) is 14.5 Å². The van der Waals surface area contributed by atoms with Crippen molar-refractivity contribution in [1.82, 2.24) is 4.98 Å². The molecule has 2 aromatic rings. The van der Waals surface area contributed by atoms with Gasteiger partial charge in [-0.2, -0.15) is 0 Å². The van der Waals surface area contributed by atoms with Gasteiger partial charge in [0.2, 0.25) is 0 Å². The maximum absolute atomic E-state index is 13.3. The van der Waals surface area contributed by atoms with Gasteiger partial charge in [0.1, 0.15) is 18.2 Å². The van der Waals surface area contributed by atoms with Crippen LogP contribution in [0.4, 0.5) is 10.1 Å². The van der Waals surface area contributed by atoms with E-state index < -0.39 is 10.7 Å². The summed E-state index contributed by atoms with van der Waals surface area (Å²) in [7, 11) is 0. The van der Waals surface area contributed by atoms with Crippen molar-refractivity contribution in [2.75, 3.05) is 0 Å². The van der Waals surface area contributed by atoms with E-state index in [1.54, 1.807) is 13.8 Å². The summed E-state index contributed by atoms with van der Waals surface area (Å²) in [6, 6.07) is 4.05. The number of benzene rings is 1. The fourth-order valence-corrected chi connectivity index (χ4v) is 2.03. The van der Waals surface area contributed by atoms with E-state index in [1.807, 2.05) is 0 Å². The van der Waals surface area contributed by atoms with Gasteiger partial charge >= 0.3 is 0 Å². The lowest BCUT2D eigenvalue weighted by molar-refractivity contribution is -0.386. The summed E-state index contributed by atoms with van der Waals surface area (Å²) in [5.74, 6) is -0.310. The number of halogens is 2. The van der Waals surface area contributed by atoms with Crippen molar-refractivity contribution in [3.8, 4) is 5.75 Å². The van der Waals surface area contributed by atoms with Gasteiger partial charge in [0, 0.05) is 17.8 Å². The summed E-state index contributed by atoms with van der Waals surface area (Å²) in [6.45, 7) is 3.24. The molecule has 0 N–H and O–H groups in total. The topological polar surface area (TPSA) is 65.3 Å². The summed E-state index contributed by atoms with van der Waals surface area (Å²) < 4.78 is 18.7. The average Bonchev–Trinajstić information content (AvgIpc) is 2.41. The van der Waals surface area contributed by atoms with Crippen LogP contribution in [0.25, 0.3) is 0 Å². The summed E-state index contributed by atoms with van der Waals surface area (Å²) in [5, 5.41) is 11.0. The van der Waals surface area contributed by atoms with Gasteiger partial charge in [-0.3, -0.25) is 15.1 Å². The lowest BCUT2D eigenvalue weighted by atomic mass is 10.1. The summed E-state index contributed by atoms with van der Waals surface area (Å²) in [4.78, 5) is 14.7. The quantitative estimate of drug-likeness (QED) is 0.633. The number of rotatable bonds is 4. The van der Waals surface area contributed by atoms with Crippen LogP contribution in [0.3, 0.4) is 0 Å². The lowest BCUT2D eigenvalue weighted by Gasteiger charge is -2.09. The van der Waals surface area contributed by atoms with Crippen molar-refractivity contribution < 1.29 is 14.1 Å². The molecular weight excluding hydrogens is 299 g/mol. The van der Waals surface area contributed by atoms with E-state index >= 15 is 0 Å². The molecule has 0 saturated carbocycles. The van der Waals surface area contributed by atoms with E-state index in [4.69, 9.17) is 16.3 Å². The molecule has 1 aromatic carbocycles. The molecule has 110 valence electrons. The fraction of sp³-hybridized carbons (Fsp3) is 0.214. The van der Waals surface area contributed by atoms with Gasteiger partial charge in [0.25, 0.3) is 5.69 Å². The maximum atomic E-state index is 13.3. The van der Waals surface area contributed by atoms with Gasteiger partial charge in [-0.25, -0.2) is 4.39 Å². The highest BCUT2D eigenvalue weighted by atomic mass is 35.5. The molecule has 0 radical (unpaired) electrons. The van der Waals surface area contributed by atoms with Crippen LogP contribution < -0.4 is 4.74 Å². The predicted molar refractivity (Wildman–Crippen MR) is 76.1 cm³/mol. The maximum Gasteiger partial charge on any atom is 0.278 e. The highest BCUT2D eigenvalue weighted by molar-refractivity contribution is 6.30. The highest BCUT2D eigenvalue weighted by Crippen LogP contribution is 2.26. The molecule has 0 spiro atoms. The zero-order chi connectivity index (χ0) is 15.6. The Balaban J connectivity index is 2.22. The van der Waals surface area contributed by atoms with Crippen LogP contribution in [0, 0.1) is 29.8 Å². The molecule has 1 aromatic heterocycles. The lowest BCUT2D eigenvalue weighted by Crippen LogP contribution is -2.05. The minimum absolute atomic E-state index is 0.00243. The van der Waals surface area contributed by atoms with Crippen LogP contribution in [-0.4, -0.2) is 9.91 Å². The summed E-state index contributed by atoms with van der Waals surface area (Å²) in [6.07, 6.45) is 1.42. The van der Waals surface area contributed by atoms with Crippen LogP contribution in [0.2, 0.25) is 5.02 Å². The van der Waals surface area contributed by atoms with Gasteiger partial charge in [-0.15, -0.1) is 0 Å². The van der Waals surface area contributed by atoms with E-state index in [0.29, 0.717) is 16.8 Å². The second-order valence-corrected chi connectivity index (χ2v) is 4.89. The van der Waals surface area contributed by atoms with E-state index in [1.165, 1.54) is 18.3 Å². The molecule has 0 aliphatic carbocycles. The Kier molecular flexibility index (Phi) is 4.37. The summed E-state index contributed by atoms with van der Waals surface area (Å²) in [5.41, 5.74) is 1.38. The Hall–Kier alpha value is -2.21. The van der Waals surface area contributed by atoms with Gasteiger partial charge in [0.05, 0.1) is 21.2 Å². The van der Waals surface area contributed by atoms with Crippen LogP contribution >= 0.6 is 11.6 Å². The molecule has 0 unspecified atom stereocenters. The molecule has 0 bridgehead atoms. The third-order valence-electron chi connectivity index (χ3n) is 3.02. The number of hydrogen-bond acceptors (Lipinski definition) is 4. The molecule has 0 fully saturated rings. The fourth-order valence-electron chi connectivity index (χ4n) is 1.91. The molecule has 1 heterocycles. The summed E-state index contributed by atoms with van der Waals surface area (Å²) >= 11 is 5.58. The first-order valence-corrected chi connectivity index (χ1v) is 6.45. The Morgan fingerprint density at radius 3 is 2.76 bits per heavy atom. The molecule has 0 amide bonds. The standard InChI is InChI=1S/C14H12ClFN2O3/c1-8-6-17-13(9(2)14(8)18(19)20)7-21-10-3-4-11(15)12(16)5-10/h3-6H,7H2,1-2H3. The van der Waals surface area contributed by atoms with Crippen LogP contribution in [0.15, 0.2) is 24.4 Å². The number of hydrogen-bond donors (Lipinski definition) is 0. The van der Waals surface area contributed by atoms with Gasteiger partial charge in [-0.05, 0) is 26.0 Å².